The minimum Gasteiger partial charge on any atom is -0.459 e. The number of benzene rings is 11. The van der Waals surface area contributed by atoms with E-state index >= 15 is 14.4 Å². The number of hydrogen-bond donors (Lipinski definition) is 0. The highest BCUT2D eigenvalue weighted by Gasteiger charge is 2.58. The Morgan fingerprint density at radius 2 is 0.550 bits per heavy atom. The van der Waals surface area contributed by atoms with E-state index in [4.69, 9.17) is 80.5 Å². The van der Waals surface area contributed by atoms with E-state index in [1.807, 2.05) is 109 Å². The van der Waals surface area contributed by atoms with E-state index in [1.54, 1.807) is 133 Å². The second kappa shape index (κ2) is 40.6. The zero-order chi connectivity index (χ0) is 82.4. The van der Waals surface area contributed by atoms with Gasteiger partial charge in [0.25, 0.3) is 5.22 Å². The van der Waals surface area contributed by atoms with Crippen LogP contribution < -0.4 is 0 Å². The lowest BCUT2D eigenvalue weighted by Gasteiger charge is -2.48. The van der Waals surface area contributed by atoms with Gasteiger partial charge in [-0.05, 0) is 126 Å². The van der Waals surface area contributed by atoms with Crippen LogP contribution in [0.3, 0.4) is 0 Å². The predicted molar refractivity (Wildman–Crippen MR) is 433 cm³/mol. The molecule has 610 valence electrons. The van der Waals surface area contributed by atoms with Gasteiger partial charge in [-0.25, -0.2) is 38.5 Å². The van der Waals surface area contributed by atoms with Crippen molar-refractivity contribution in [1.29, 1.82) is 0 Å². The van der Waals surface area contributed by atoms with Crippen molar-refractivity contribution in [3.8, 4) is 0 Å². The number of ether oxygens (including phenoxy) is 15. The molecule has 0 aliphatic carbocycles. The molecule has 3 aliphatic rings. The second-order valence-electron chi connectivity index (χ2n) is 28.0. The molecule has 0 bridgehead atoms. The van der Waals surface area contributed by atoms with Crippen LogP contribution in [0, 0.1) is 0 Å². The van der Waals surface area contributed by atoms with E-state index < -0.39 is 153 Å². The van der Waals surface area contributed by atoms with Gasteiger partial charge in [-0.2, -0.15) is 0 Å². The van der Waals surface area contributed by atoms with Crippen LogP contribution in [0.15, 0.2) is 337 Å². The SMILES string of the molecule is O=C(OC[C@H]1O[C@@H](OC[C@H]2O[C@@H](OC[C@H]3O[C@@H](Sc4nc5ccccc5o4)[C@H](OCc4ccccc4)[C@@H](OCc4ccccc4)[C@@H]3OCc3ccccc3)[C@H](OC(=O)c3ccccc3)[C@@H](OC(=O)c3ccccc3)[C@@H]2OC(=O)c2ccccc2)[C@H](OC(=O)c2ccccc2)[C@@H](OC(=O)c2ccccc2)[C@@H]1OC(=O)c1ccccc1)c1ccccc1. The van der Waals surface area contributed by atoms with Crippen LogP contribution in [0.2, 0.25) is 0 Å². The van der Waals surface area contributed by atoms with Crippen molar-refractivity contribution in [2.24, 2.45) is 0 Å². The topological polar surface area (TPSA) is 284 Å². The highest BCUT2D eigenvalue weighted by atomic mass is 32.2. The van der Waals surface area contributed by atoms with E-state index in [-0.39, 0.29) is 64.0 Å². The molecule has 15 atom stereocenters. The average molecular weight is 1640 g/mol. The molecule has 4 heterocycles. The number of thioether (sulfide) groups is 1. The van der Waals surface area contributed by atoms with Gasteiger partial charge in [0.2, 0.25) is 0 Å². The van der Waals surface area contributed by atoms with Crippen LogP contribution in [0.1, 0.15) is 89.2 Å². The summed E-state index contributed by atoms with van der Waals surface area (Å²) in [5, 5.41) is 0.216. The normalized spacial score (nSPS) is 22.6. The number of fused-ring (bicyclic) bond motifs is 1. The smallest absolute Gasteiger partial charge is 0.338 e. The highest BCUT2D eigenvalue weighted by Crippen LogP contribution is 2.42. The lowest BCUT2D eigenvalue weighted by molar-refractivity contribution is -0.333. The molecule has 24 nitrogen and oxygen atoms in total. The number of hydrogen-bond acceptors (Lipinski definition) is 25. The molecule has 0 amide bonds. The number of carbonyl (C=O) groups is 7. The number of aromatic nitrogens is 1. The molecule has 0 radical (unpaired) electrons. The maximum absolute atomic E-state index is 15.2. The summed E-state index contributed by atoms with van der Waals surface area (Å²) in [6, 6.07) is 90.8. The molecule has 3 fully saturated rings. The van der Waals surface area contributed by atoms with Gasteiger partial charge >= 0.3 is 41.8 Å². The number of oxazole rings is 1. The lowest BCUT2D eigenvalue weighted by atomic mass is 9.96. The van der Waals surface area contributed by atoms with Crippen molar-refractivity contribution in [1.82, 2.24) is 4.98 Å². The second-order valence-corrected chi connectivity index (χ2v) is 29.1. The predicted octanol–water partition coefficient (Wildman–Crippen LogP) is 15.1. The van der Waals surface area contributed by atoms with Crippen LogP contribution in [-0.2, 0) is 90.9 Å². The third kappa shape index (κ3) is 21.2. The summed E-state index contributed by atoms with van der Waals surface area (Å²) in [5.74, 6) is -6.79. The molecule has 0 spiro atoms. The Morgan fingerprint density at radius 3 is 0.908 bits per heavy atom. The first-order valence-electron chi connectivity index (χ1n) is 38.9. The van der Waals surface area contributed by atoms with E-state index in [9.17, 15) is 19.2 Å². The molecule has 0 saturated carbocycles. The van der Waals surface area contributed by atoms with Gasteiger partial charge < -0.3 is 75.5 Å². The zero-order valence-electron chi connectivity index (χ0n) is 64.3. The molecule has 11 aromatic carbocycles. The average Bonchev–Trinajstić information content (AvgIpc) is 0.788. The fourth-order valence-corrected chi connectivity index (χ4v) is 14.9. The zero-order valence-corrected chi connectivity index (χ0v) is 65.1. The molecular weight excluding hydrogens is 1560 g/mol. The number of nitrogens with zero attached hydrogens (tertiary/aromatic N) is 1. The molecule has 25 heteroatoms. The number of para-hydroxylation sites is 2. The third-order valence-electron chi connectivity index (χ3n) is 19.9. The first kappa shape index (κ1) is 82.3. The van der Waals surface area contributed by atoms with Crippen LogP contribution >= 0.6 is 11.8 Å². The van der Waals surface area contributed by atoms with Crippen molar-refractivity contribution < 1.29 is 109 Å². The van der Waals surface area contributed by atoms with Crippen molar-refractivity contribution in [2.75, 3.05) is 19.8 Å². The van der Waals surface area contributed by atoms with Gasteiger partial charge in [-0.3, -0.25) is 0 Å². The molecule has 0 unspecified atom stereocenters. The maximum Gasteiger partial charge on any atom is 0.338 e. The van der Waals surface area contributed by atoms with Gasteiger partial charge in [-0.1, -0.05) is 231 Å². The minimum atomic E-state index is -2.01. The van der Waals surface area contributed by atoms with Gasteiger partial charge in [0.1, 0.15) is 54.2 Å². The monoisotopic (exact) mass is 1640 g/mol. The maximum atomic E-state index is 15.2. The molecule has 0 N–H and O–H groups in total. The summed E-state index contributed by atoms with van der Waals surface area (Å²) >= 11 is 1.13. The van der Waals surface area contributed by atoms with Crippen LogP contribution in [0.25, 0.3) is 11.1 Å². The number of esters is 7. The Morgan fingerprint density at radius 1 is 0.267 bits per heavy atom. The van der Waals surface area contributed by atoms with Crippen LogP contribution in [0.5, 0.6) is 0 Å². The summed E-state index contributed by atoms with van der Waals surface area (Å²) in [6.07, 6.45) is -23.3. The summed E-state index contributed by atoms with van der Waals surface area (Å²) in [7, 11) is 0. The van der Waals surface area contributed by atoms with Crippen molar-refractivity contribution in [3.63, 3.8) is 0 Å². The van der Waals surface area contributed by atoms with Crippen LogP contribution in [0.4, 0.5) is 0 Å². The lowest BCUT2D eigenvalue weighted by Crippen LogP contribution is -2.65. The first-order valence-corrected chi connectivity index (χ1v) is 39.7. The standard InChI is InChI=1S/C95H81NO23S/c97-85(64-39-17-4-18-40-64)107-58-74-77(114-86(98)65-41-19-5-20-42-65)80(116-88(100)67-45-23-7-24-46-67)82(118-90(102)69-49-27-9-28-50-69)93(110-74)109-60-75-78(115-87(99)66-43-21-6-22-44-66)81(117-89(101)68-47-25-8-26-48-68)83(119-91(103)70-51-29-10-30-52-70)92(111-75)108-59-73-76(104-55-61-33-11-1-12-34-61)79(105-56-62-35-13-2-14-36-62)84(106-57-63-37-15-3-16-38-63)94(112-73)120-95-96-71-53-31-32-54-72(71)113-95/h1-54,73-84,92-94H,55-60H2/t73-,74-,75-,76-,77-,78-,79+,80+,81+,82-,83-,84-,92-,93-,94+/m1/s1. The van der Waals surface area contributed by atoms with Crippen molar-refractivity contribution in [3.05, 3.63) is 383 Å². The summed E-state index contributed by atoms with van der Waals surface area (Å²) in [4.78, 5) is 109. The number of rotatable bonds is 32. The molecule has 120 heavy (non-hydrogen) atoms. The fourth-order valence-electron chi connectivity index (χ4n) is 13.9. The number of carbonyl (C=O) groups excluding carboxylic acids is 7. The minimum absolute atomic E-state index is 0.00106. The Balaban J connectivity index is 0.860. The molecule has 12 aromatic rings. The quantitative estimate of drug-likeness (QED) is 0.0280. The highest BCUT2D eigenvalue weighted by molar-refractivity contribution is 7.99. The van der Waals surface area contributed by atoms with E-state index in [2.05, 4.69) is 0 Å². The fraction of sp³-hybridized carbons (Fsp3) is 0.221. The van der Waals surface area contributed by atoms with Gasteiger partial charge in [0.15, 0.2) is 54.8 Å². The largest absolute Gasteiger partial charge is 0.459 e. The van der Waals surface area contributed by atoms with Crippen molar-refractivity contribution >= 4 is 64.6 Å². The van der Waals surface area contributed by atoms with Gasteiger partial charge in [0.05, 0.1) is 72.0 Å². The summed E-state index contributed by atoms with van der Waals surface area (Å²) in [5.41, 5.74) is 2.64. The Bertz CT molecular complexity index is 5290. The Hall–Kier alpha value is -12.8. The first-order chi connectivity index (χ1) is 58.9. The Kier molecular flexibility index (Phi) is 27.8. The molecule has 1 aromatic heterocycles. The summed E-state index contributed by atoms with van der Waals surface area (Å²) in [6.45, 7) is -2.04. The van der Waals surface area contributed by atoms with Gasteiger partial charge in [-0.15, -0.1) is 0 Å². The summed E-state index contributed by atoms with van der Waals surface area (Å²) < 4.78 is 108. The Labute approximate surface area is 694 Å². The van der Waals surface area contributed by atoms with Crippen LogP contribution in [-0.4, -0.2) is 158 Å². The third-order valence-corrected chi connectivity index (χ3v) is 20.9. The van der Waals surface area contributed by atoms with Crippen molar-refractivity contribution in [2.45, 2.75) is 116 Å². The van der Waals surface area contributed by atoms with E-state index in [1.165, 1.54) is 84.9 Å². The molecular formula is C95H81NO23S. The van der Waals surface area contributed by atoms with E-state index in [0.29, 0.717) is 11.1 Å². The molecule has 3 saturated heterocycles. The molecule has 15 rings (SSSR count). The molecule has 3 aliphatic heterocycles. The van der Waals surface area contributed by atoms with Gasteiger partial charge in [0, 0.05) is 0 Å². The van der Waals surface area contributed by atoms with E-state index in [0.717, 1.165) is 28.5 Å².